The number of pyridine rings is 1. The molecule has 17 heavy (non-hydrogen) atoms. The highest BCUT2D eigenvalue weighted by molar-refractivity contribution is 5.39. The zero-order valence-electron chi connectivity index (χ0n) is 10.1. The Morgan fingerprint density at radius 2 is 1.94 bits per heavy atom. The molecule has 1 aromatic heterocycles. The third-order valence-corrected chi connectivity index (χ3v) is 3.38. The second-order valence-corrected chi connectivity index (χ2v) is 4.53. The van der Waals surface area contributed by atoms with E-state index in [-0.39, 0.29) is 0 Å². The van der Waals surface area contributed by atoms with Gasteiger partial charge in [-0.2, -0.15) is 5.26 Å². The summed E-state index contributed by atoms with van der Waals surface area (Å²) in [6.07, 6.45) is 6.39. The van der Waals surface area contributed by atoms with E-state index in [0.29, 0.717) is 17.6 Å². The number of anilines is 1. The zero-order valence-corrected chi connectivity index (χ0v) is 10.1. The van der Waals surface area contributed by atoms with Crippen molar-refractivity contribution in [3.63, 3.8) is 0 Å². The summed E-state index contributed by atoms with van der Waals surface area (Å²) in [5.74, 6) is 0.872. The minimum Gasteiger partial charge on any atom is -0.367 e. The van der Waals surface area contributed by atoms with Gasteiger partial charge in [-0.15, -0.1) is 0 Å². The maximum absolute atomic E-state index is 8.69. The summed E-state index contributed by atoms with van der Waals surface area (Å²) < 4.78 is 0. The molecule has 2 rings (SSSR count). The highest BCUT2D eigenvalue weighted by atomic mass is 15.0. The molecule has 0 aliphatic heterocycles. The lowest BCUT2D eigenvalue weighted by molar-refractivity contribution is 0.371. The molecule has 1 aromatic rings. The van der Waals surface area contributed by atoms with Crippen LogP contribution in [0, 0.1) is 11.3 Å². The third-order valence-electron chi connectivity index (χ3n) is 3.38. The Balaban J connectivity index is 1.87. The summed E-state index contributed by atoms with van der Waals surface area (Å²) in [5.41, 5.74) is 0.606. The molecule has 0 unspecified atom stereocenters. The van der Waals surface area contributed by atoms with Crippen molar-refractivity contribution in [2.75, 3.05) is 12.4 Å². The number of nitriles is 1. The monoisotopic (exact) mass is 230 g/mol. The van der Waals surface area contributed by atoms with E-state index in [1.165, 1.54) is 25.7 Å². The highest BCUT2D eigenvalue weighted by Gasteiger charge is 2.19. The van der Waals surface area contributed by atoms with Crippen LogP contribution in [0.15, 0.2) is 18.3 Å². The summed E-state index contributed by atoms with van der Waals surface area (Å²) in [5, 5.41) is 15.4. The number of hydrogen-bond acceptors (Lipinski definition) is 4. The van der Waals surface area contributed by atoms with E-state index in [1.807, 2.05) is 13.1 Å². The van der Waals surface area contributed by atoms with E-state index in [2.05, 4.69) is 21.7 Å². The third kappa shape index (κ3) is 3.18. The highest BCUT2D eigenvalue weighted by Crippen LogP contribution is 2.21. The zero-order chi connectivity index (χ0) is 12.1. The van der Waals surface area contributed by atoms with Crippen LogP contribution in [0.1, 0.15) is 31.2 Å². The Kier molecular flexibility index (Phi) is 3.94. The van der Waals surface area contributed by atoms with Gasteiger partial charge < -0.3 is 10.6 Å². The van der Waals surface area contributed by atoms with Crippen molar-refractivity contribution in [3.8, 4) is 6.07 Å². The van der Waals surface area contributed by atoms with Crippen molar-refractivity contribution < 1.29 is 0 Å². The van der Waals surface area contributed by atoms with Gasteiger partial charge in [-0.1, -0.05) is 0 Å². The Morgan fingerprint density at radius 1 is 1.24 bits per heavy atom. The Labute approximate surface area is 102 Å². The lowest BCUT2D eigenvalue weighted by Gasteiger charge is -2.29. The molecule has 2 N–H and O–H groups in total. The van der Waals surface area contributed by atoms with Crippen LogP contribution in [0.2, 0.25) is 0 Å². The fraction of sp³-hybridized carbons (Fsp3) is 0.538. The quantitative estimate of drug-likeness (QED) is 0.832. The van der Waals surface area contributed by atoms with Crippen molar-refractivity contribution in [1.29, 1.82) is 5.26 Å². The second kappa shape index (κ2) is 5.65. The number of hydrogen-bond donors (Lipinski definition) is 2. The van der Waals surface area contributed by atoms with Gasteiger partial charge in [0.2, 0.25) is 0 Å². The molecule has 1 aliphatic rings. The van der Waals surface area contributed by atoms with Crippen LogP contribution in [-0.4, -0.2) is 24.1 Å². The van der Waals surface area contributed by atoms with E-state index in [4.69, 9.17) is 5.26 Å². The number of rotatable bonds is 3. The minimum absolute atomic E-state index is 0.514. The van der Waals surface area contributed by atoms with Gasteiger partial charge in [-0.05, 0) is 44.9 Å². The first kappa shape index (κ1) is 11.9. The van der Waals surface area contributed by atoms with Gasteiger partial charge in [0.1, 0.15) is 11.9 Å². The average Bonchev–Trinajstić information content (AvgIpc) is 2.40. The summed E-state index contributed by atoms with van der Waals surface area (Å²) in [6, 6.07) is 6.93. The predicted molar refractivity (Wildman–Crippen MR) is 67.7 cm³/mol. The van der Waals surface area contributed by atoms with Gasteiger partial charge in [0.25, 0.3) is 0 Å². The van der Waals surface area contributed by atoms with E-state index < -0.39 is 0 Å². The minimum atomic E-state index is 0.514. The molecular weight excluding hydrogens is 212 g/mol. The smallest absolute Gasteiger partial charge is 0.126 e. The Hall–Kier alpha value is -1.60. The van der Waals surface area contributed by atoms with E-state index in [9.17, 15) is 0 Å². The maximum Gasteiger partial charge on any atom is 0.126 e. The summed E-state index contributed by atoms with van der Waals surface area (Å²) in [7, 11) is 2.03. The maximum atomic E-state index is 8.69. The number of nitrogens with zero attached hydrogens (tertiary/aromatic N) is 2. The summed E-state index contributed by atoms with van der Waals surface area (Å²) in [4.78, 5) is 4.23. The molecule has 4 nitrogen and oxygen atoms in total. The second-order valence-electron chi connectivity index (χ2n) is 4.53. The van der Waals surface area contributed by atoms with E-state index >= 15 is 0 Å². The molecule has 1 aliphatic carbocycles. The average molecular weight is 230 g/mol. The SMILES string of the molecule is CNC1CCC(Nc2ccc(C#N)cn2)CC1. The molecule has 0 bridgehead atoms. The number of nitrogens with one attached hydrogen (secondary N) is 2. The molecule has 0 atom stereocenters. The van der Waals surface area contributed by atoms with Gasteiger partial charge >= 0.3 is 0 Å². The van der Waals surface area contributed by atoms with Crippen LogP contribution in [-0.2, 0) is 0 Å². The lowest BCUT2D eigenvalue weighted by atomic mass is 9.91. The molecule has 0 spiro atoms. The predicted octanol–water partition coefficient (Wildman–Crippen LogP) is 1.90. The molecule has 0 aromatic carbocycles. The molecule has 0 saturated heterocycles. The standard InChI is InChI=1S/C13H18N4/c1-15-11-3-5-12(6-4-11)17-13-7-2-10(8-14)9-16-13/h2,7,9,11-12,15H,3-6H2,1H3,(H,16,17). The topological polar surface area (TPSA) is 60.7 Å². The lowest BCUT2D eigenvalue weighted by Crippen LogP contribution is -2.35. The van der Waals surface area contributed by atoms with E-state index in [1.54, 1.807) is 12.3 Å². The first-order valence-corrected chi connectivity index (χ1v) is 6.12. The molecule has 90 valence electrons. The van der Waals surface area contributed by atoms with Crippen molar-refractivity contribution in [2.45, 2.75) is 37.8 Å². The fourth-order valence-corrected chi connectivity index (χ4v) is 2.28. The summed E-state index contributed by atoms with van der Waals surface area (Å²) in [6.45, 7) is 0. The van der Waals surface area contributed by atoms with Crippen LogP contribution in [0.4, 0.5) is 5.82 Å². The largest absolute Gasteiger partial charge is 0.367 e. The molecule has 0 radical (unpaired) electrons. The van der Waals surface area contributed by atoms with Gasteiger partial charge in [0, 0.05) is 18.3 Å². The summed E-state index contributed by atoms with van der Waals surface area (Å²) >= 11 is 0. The molecule has 0 amide bonds. The van der Waals surface area contributed by atoms with Crippen molar-refractivity contribution in [2.24, 2.45) is 0 Å². The van der Waals surface area contributed by atoms with Gasteiger partial charge in [0.05, 0.1) is 5.56 Å². The molecule has 1 saturated carbocycles. The van der Waals surface area contributed by atoms with Crippen LogP contribution in [0.25, 0.3) is 0 Å². The molecule has 1 heterocycles. The van der Waals surface area contributed by atoms with Crippen LogP contribution in [0.3, 0.4) is 0 Å². The Bertz CT molecular complexity index is 385. The van der Waals surface area contributed by atoms with Gasteiger partial charge in [0.15, 0.2) is 0 Å². The van der Waals surface area contributed by atoms with Crippen molar-refractivity contribution in [3.05, 3.63) is 23.9 Å². The number of aromatic nitrogens is 1. The van der Waals surface area contributed by atoms with Crippen molar-refractivity contribution >= 4 is 5.82 Å². The van der Waals surface area contributed by atoms with Crippen LogP contribution < -0.4 is 10.6 Å². The first-order valence-electron chi connectivity index (χ1n) is 6.12. The van der Waals surface area contributed by atoms with E-state index in [0.717, 1.165) is 5.82 Å². The molecule has 1 fully saturated rings. The van der Waals surface area contributed by atoms with Crippen molar-refractivity contribution in [1.82, 2.24) is 10.3 Å². The molecular formula is C13H18N4. The van der Waals surface area contributed by atoms with Gasteiger partial charge in [-0.3, -0.25) is 0 Å². The molecule has 4 heteroatoms. The normalized spacial score (nSPS) is 24.0. The van der Waals surface area contributed by atoms with Crippen LogP contribution >= 0.6 is 0 Å². The fourth-order valence-electron chi connectivity index (χ4n) is 2.28. The van der Waals surface area contributed by atoms with Crippen LogP contribution in [0.5, 0.6) is 0 Å². The Morgan fingerprint density at radius 3 is 2.47 bits per heavy atom. The first-order chi connectivity index (χ1) is 8.31. The van der Waals surface area contributed by atoms with Gasteiger partial charge in [-0.25, -0.2) is 4.98 Å².